The summed E-state index contributed by atoms with van der Waals surface area (Å²) < 4.78 is 0. The van der Waals surface area contributed by atoms with Crippen LogP contribution in [0.25, 0.3) is 0 Å². The summed E-state index contributed by atoms with van der Waals surface area (Å²) in [6.45, 7) is 1.61. The van der Waals surface area contributed by atoms with Gasteiger partial charge in [0.2, 0.25) is 11.8 Å². The predicted octanol–water partition coefficient (Wildman–Crippen LogP) is 1.06. The molecule has 1 aromatic rings. The van der Waals surface area contributed by atoms with E-state index in [1.165, 1.54) is 6.42 Å². The van der Waals surface area contributed by atoms with Crippen molar-refractivity contribution in [3.8, 4) is 5.75 Å². The van der Waals surface area contributed by atoms with Gasteiger partial charge in [-0.3, -0.25) is 9.59 Å². The second-order valence-electron chi connectivity index (χ2n) is 5.02. The summed E-state index contributed by atoms with van der Waals surface area (Å²) >= 11 is 0. The van der Waals surface area contributed by atoms with Gasteiger partial charge < -0.3 is 15.3 Å². The van der Waals surface area contributed by atoms with Crippen molar-refractivity contribution in [3.05, 3.63) is 29.8 Å². The number of benzene rings is 1. The Morgan fingerprint density at radius 1 is 1.15 bits per heavy atom. The van der Waals surface area contributed by atoms with Crippen LogP contribution in [0, 0.1) is 0 Å². The molecule has 1 heterocycles. The van der Waals surface area contributed by atoms with E-state index in [0.717, 1.165) is 25.9 Å². The maximum atomic E-state index is 11.9. The fourth-order valence-electron chi connectivity index (χ4n) is 2.33. The minimum absolute atomic E-state index is 0.0321. The number of phenolic OH excluding ortho intramolecular Hbond substituents is 1. The number of carbonyl (C=O) groups is 2. The molecule has 0 saturated carbocycles. The second kappa shape index (κ2) is 6.93. The van der Waals surface area contributed by atoms with Gasteiger partial charge in [0.1, 0.15) is 5.75 Å². The molecule has 0 unspecified atom stereocenters. The highest BCUT2D eigenvalue weighted by Crippen LogP contribution is 2.15. The smallest absolute Gasteiger partial charge is 0.241 e. The average Bonchev–Trinajstić information content (AvgIpc) is 2.48. The Bertz CT molecular complexity index is 482. The molecule has 108 valence electrons. The van der Waals surface area contributed by atoms with Crippen molar-refractivity contribution in [2.24, 2.45) is 0 Å². The number of aromatic hydroxyl groups is 1. The maximum Gasteiger partial charge on any atom is 0.241 e. The Balaban J connectivity index is 1.77. The number of carbonyl (C=O) groups excluding carboxylic acids is 2. The molecule has 1 aromatic carbocycles. The zero-order chi connectivity index (χ0) is 14.4. The van der Waals surface area contributed by atoms with Crippen LogP contribution in [0.5, 0.6) is 5.75 Å². The lowest BCUT2D eigenvalue weighted by molar-refractivity contribution is -0.133. The molecule has 0 bridgehead atoms. The van der Waals surface area contributed by atoms with E-state index in [-0.39, 0.29) is 30.5 Å². The van der Waals surface area contributed by atoms with Gasteiger partial charge in [0.25, 0.3) is 0 Å². The molecule has 0 radical (unpaired) electrons. The van der Waals surface area contributed by atoms with Crippen LogP contribution < -0.4 is 5.32 Å². The fourth-order valence-corrected chi connectivity index (χ4v) is 2.33. The Kier molecular flexibility index (Phi) is 4.98. The van der Waals surface area contributed by atoms with Gasteiger partial charge in [-0.1, -0.05) is 18.2 Å². The summed E-state index contributed by atoms with van der Waals surface area (Å²) in [5.41, 5.74) is 0.565. The highest BCUT2D eigenvalue weighted by Gasteiger charge is 2.17. The van der Waals surface area contributed by atoms with Crippen LogP contribution >= 0.6 is 0 Å². The van der Waals surface area contributed by atoms with Crippen molar-refractivity contribution in [1.29, 1.82) is 0 Å². The summed E-state index contributed by atoms with van der Waals surface area (Å²) in [7, 11) is 0. The third-order valence-corrected chi connectivity index (χ3v) is 3.49. The standard InChI is InChI=1S/C15H20N2O3/c18-13-7-3-2-6-12(13)10-14(19)16-11-15(20)17-8-4-1-5-9-17/h2-3,6-7,18H,1,4-5,8-11H2,(H,16,19). The van der Waals surface area contributed by atoms with Crippen molar-refractivity contribution in [3.63, 3.8) is 0 Å². The number of likely N-dealkylation sites (tertiary alicyclic amines) is 1. The van der Waals surface area contributed by atoms with E-state index in [1.807, 2.05) is 0 Å². The molecule has 0 aliphatic carbocycles. The van der Waals surface area contributed by atoms with E-state index < -0.39 is 0 Å². The number of rotatable bonds is 4. The highest BCUT2D eigenvalue weighted by atomic mass is 16.3. The van der Waals surface area contributed by atoms with Crippen LogP contribution in [-0.4, -0.2) is 41.5 Å². The zero-order valence-corrected chi connectivity index (χ0v) is 11.5. The third-order valence-electron chi connectivity index (χ3n) is 3.49. The summed E-state index contributed by atoms with van der Waals surface area (Å²) in [5.74, 6) is -0.183. The van der Waals surface area contributed by atoms with Gasteiger partial charge in [-0.05, 0) is 25.3 Å². The second-order valence-corrected chi connectivity index (χ2v) is 5.02. The van der Waals surface area contributed by atoms with Gasteiger partial charge in [-0.2, -0.15) is 0 Å². The molecule has 1 saturated heterocycles. The molecule has 2 amide bonds. The Morgan fingerprint density at radius 2 is 1.85 bits per heavy atom. The molecule has 5 heteroatoms. The summed E-state index contributed by atoms with van der Waals surface area (Å²) in [6.07, 6.45) is 3.33. The van der Waals surface area contributed by atoms with E-state index in [4.69, 9.17) is 0 Å². The number of nitrogens with zero attached hydrogens (tertiary/aromatic N) is 1. The molecule has 1 aliphatic heterocycles. The summed E-state index contributed by atoms with van der Waals surface area (Å²) in [4.78, 5) is 25.4. The van der Waals surface area contributed by atoms with Crippen LogP contribution in [0.15, 0.2) is 24.3 Å². The van der Waals surface area contributed by atoms with E-state index in [9.17, 15) is 14.7 Å². The number of phenols is 1. The molecule has 0 atom stereocenters. The number of piperidine rings is 1. The van der Waals surface area contributed by atoms with E-state index in [0.29, 0.717) is 5.56 Å². The first-order valence-corrected chi connectivity index (χ1v) is 6.98. The van der Waals surface area contributed by atoms with Gasteiger partial charge in [0.15, 0.2) is 0 Å². The van der Waals surface area contributed by atoms with Crippen molar-refractivity contribution in [2.75, 3.05) is 19.6 Å². The molecule has 1 aliphatic rings. The molecule has 5 nitrogen and oxygen atoms in total. The number of hydrogen-bond donors (Lipinski definition) is 2. The van der Waals surface area contributed by atoms with E-state index in [1.54, 1.807) is 29.2 Å². The lowest BCUT2D eigenvalue weighted by atomic mass is 10.1. The molecule has 0 aromatic heterocycles. The van der Waals surface area contributed by atoms with Crippen molar-refractivity contribution in [2.45, 2.75) is 25.7 Å². The Labute approximate surface area is 118 Å². The fraction of sp³-hybridized carbons (Fsp3) is 0.467. The third kappa shape index (κ3) is 3.98. The number of para-hydroxylation sites is 1. The maximum absolute atomic E-state index is 11.9. The lowest BCUT2D eigenvalue weighted by Crippen LogP contribution is -2.42. The number of nitrogens with one attached hydrogen (secondary N) is 1. The molecule has 0 spiro atoms. The molecule has 2 N–H and O–H groups in total. The molecule has 1 fully saturated rings. The van der Waals surface area contributed by atoms with Gasteiger partial charge in [0, 0.05) is 18.7 Å². The van der Waals surface area contributed by atoms with Crippen LogP contribution in [0.2, 0.25) is 0 Å². The van der Waals surface area contributed by atoms with Gasteiger partial charge in [-0.15, -0.1) is 0 Å². The molecule has 2 rings (SSSR count). The average molecular weight is 276 g/mol. The van der Waals surface area contributed by atoms with Gasteiger partial charge in [0.05, 0.1) is 13.0 Å². The van der Waals surface area contributed by atoms with E-state index >= 15 is 0 Å². The first-order chi connectivity index (χ1) is 9.66. The van der Waals surface area contributed by atoms with Crippen molar-refractivity contribution < 1.29 is 14.7 Å². The SMILES string of the molecule is O=C(Cc1ccccc1O)NCC(=O)N1CCCCC1. The molecular formula is C15H20N2O3. The van der Waals surface area contributed by atoms with Crippen molar-refractivity contribution in [1.82, 2.24) is 10.2 Å². The van der Waals surface area contributed by atoms with Crippen LogP contribution in [0.4, 0.5) is 0 Å². The van der Waals surface area contributed by atoms with Gasteiger partial charge >= 0.3 is 0 Å². The van der Waals surface area contributed by atoms with Crippen LogP contribution in [0.1, 0.15) is 24.8 Å². The Hall–Kier alpha value is -2.04. The largest absolute Gasteiger partial charge is 0.508 e. The molecule has 20 heavy (non-hydrogen) atoms. The highest BCUT2D eigenvalue weighted by molar-refractivity contribution is 5.86. The van der Waals surface area contributed by atoms with Crippen LogP contribution in [-0.2, 0) is 16.0 Å². The lowest BCUT2D eigenvalue weighted by Gasteiger charge is -2.26. The quantitative estimate of drug-likeness (QED) is 0.864. The summed E-state index contributed by atoms with van der Waals surface area (Å²) in [6, 6.07) is 6.71. The minimum atomic E-state index is -0.253. The topological polar surface area (TPSA) is 69.6 Å². The minimum Gasteiger partial charge on any atom is -0.508 e. The summed E-state index contributed by atoms with van der Waals surface area (Å²) in [5, 5.41) is 12.2. The zero-order valence-electron chi connectivity index (χ0n) is 11.5. The van der Waals surface area contributed by atoms with E-state index in [2.05, 4.69) is 5.32 Å². The predicted molar refractivity (Wildman–Crippen MR) is 75.3 cm³/mol. The monoisotopic (exact) mass is 276 g/mol. The Morgan fingerprint density at radius 3 is 2.55 bits per heavy atom. The first-order valence-electron chi connectivity index (χ1n) is 6.98. The van der Waals surface area contributed by atoms with Gasteiger partial charge in [-0.25, -0.2) is 0 Å². The number of hydrogen-bond acceptors (Lipinski definition) is 3. The van der Waals surface area contributed by atoms with Crippen molar-refractivity contribution >= 4 is 11.8 Å². The first kappa shape index (κ1) is 14.4. The number of amides is 2. The van der Waals surface area contributed by atoms with Crippen LogP contribution in [0.3, 0.4) is 0 Å². The normalized spacial score (nSPS) is 14.9. The molecular weight excluding hydrogens is 256 g/mol.